The van der Waals surface area contributed by atoms with Crippen LogP contribution in [0.15, 0.2) is 11.8 Å². The second kappa shape index (κ2) is 8.29. The number of nitrogens with zero attached hydrogens (tertiary/aromatic N) is 1. The van der Waals surface area contributed by atoms with Crippen molar-refractivity contribution < 1.29 is 9.59 Å². The first kappa shape index (κ1) is 27.1. The van der Waals surface area contributed by atoms with Crippen LogP contribution in [0.1, 0.15) is 126 Å². The van der Waals surface area contributed by atoms with Gasteiger partial charge in [0.25, 0.3) is 0 Å². The third kappa shape index (κ3) is 3.49. The molecule has 204 valence electrons. The van der Waals surface area contributed by atoms with Crippen LogP contribution < -0.4 is 0 Å². The van der Waals surface area contributed by atoms with Gasteiger partial charge in [-0.3, -0.25) is 4.79 Å². The van der Waals surface area contributed by atoms with Crippen molar-refractivity contribution in [2.75, 3.05) is 0 Å². The second-order valence-corrected chi connectivity index (χ2v) is 16.1. The van der Waals surface area contributed by atoms with Gasteiger partial charge < -0.3 is 4.79 Å². The van der Waals surface area contributed by atoms with E-state index < -0.39 is 5.41 Å². The number of carbonyl (C=O) groups is 2. The summed E-state index contributed by atoms with van der Waals surface area (Å²) >= 11 is 0. The molecule has 0 spiro atoms. The lowest BCUT2D eigenvalue weighted by Gasteiger charge is -2.72. The standard InChI is InChI=1S/C34H51NO2/c1-10-11-13-34-17-15-29(2,3)20-22(34)27-24(36)19-26-31(6)21-23(35-9)28(37)30(4,5)25(31)12-14-32(26,7)33(27,8)16-18-34/h21-22,25-27H,10-20H2,1-8H3/t22-,25-,26+,27-,31-,32+,33+,34+/m0/s1. The van der Waals surface area contributed by atoms with Crippen molar-refractivity contribution >= 4 is 11.6 Å². The molecule has 0 amide bonds. The molecule has 0 heterocycles. The Morgan fingerprint density at radius 1 is 0.919 bits per heavy atom. The normalized spacial score (nSPS) is 48.0. The highest BCUT2D eigenvalue weighted by Gasteiger charge is 2.71. The summed E-state index contributed by atoms with van der Waals surface area (Å²) in [6, 6.07) is 0. The Kier molecular flexibility index (Phi) is 6.08. The van der Waals surface area contributed by atoms with Crippen LogP contribution in [-0.4, -0.2) is 11.6 Å². The van der Waals surface area contributed by atoms with Crippen LogP contribution >= 0.6 is 0 Å². The molecule has 5 rings (SSSR count). The van der Waals surface area contributed by atoms with E-state index in [1.807, 2.05) is 6.08 Å². The zero-order chi connectivity index (χ0) is 27.2. The van der Waals surface area contributed by atoms with E-state index in [2.05, 4.69) is 60.2 Å². The van der Waals surface area contributed by atoms with Crippen molar-refractivity contribution in [1.82, 2.24) is 0 Å². The Bertz CT molecular complexity index is 1080. The van der Waals surface area contributed by atoms with Gasteiger partial charge >= 0.3 is 0 Å². The average molecular weight is 506 g/mol. The lowest BCUT2D eigenvalue weighted by Crippen LogP contribution is -2.68. The van der Waals surface area contributed by atoms with Crippen molar-refractivity contribution in [3.8, 4) is 0 Å². The van der Waals surface area contributed by atoms with Gasteiger partial charge in [-0.05, 0) is 96.2 Å². The van der Waals surface area contributed by atoms with Gasteiger partial charge in [-0.25, -0.2) is 4.85 Å². The smallest absolute Gasteiger partial charge is 0.226 e. The SMILES string of the molecule is [C-]#[N+]C1=C[C@]2(C)[C@H]3CC(=O)[C@@H]4[C@@H]5CC(C)(C)CC[C@]5(CCCC)CC[C@@]4(C)[C@]3(C)CC[C@H]2C(C)(C)C1=O. The summed E-state index contributed by atoms with van der Waals surface area (Å²) in [6.07, 6.45) is 14.7. The first-order valence-electron chi connectivity index (χ1n) is 15.3. The Morgan fingerprint density at radius 3 is 2.24 bits per heavy atom. The highest BCUT2D eigenvalue weighted by Crippen LogP contribution is 2.76. The summed E-state index contributed by atoms with van der Waals surface area (Å²) in [5.74, 6) is 1.53. The summed E-state index contributed by atoms with van der Waals surface area (Å²) in [6.45, 7) is 26.4. The number of hydrogen-bond acceptors (Lipinski definition) is 2. The fraction of sp³-hybridized carbons (Fsp3) is 0.853. The molecule has 5 aliphatic carbocycles. The maximum absolute atomic E-state index is 14.6. The van der Waals surface area contributed by atoms with Crippen LogP contribution in [0, 0.1) is 62.7 Å². The molecule has 3 heteroatoms. The van der Waals surface area contributed by atoms with E-state index in [4.69, 9.17) is 6.57 Å². The van der Waals surface area contributed by atoms with Gasteiger partial charge in [-0.2, -0.15) is 0 Å². The lowest BCUT2D eigenvalue weighted by molar-refractivity contribution is -0.223. The van der Waals surface area contributed by atoms with Crippen LogP contribution in [-0.2, 0) is 9.59 Å². The number of rotatable bonds is 3. The van der Waals surface area contributed by atoms with Gasteiger partial charge in [0.05, 0.1) is 6.57 Å². The summed E-state index contributed by atoms with van der Waals surface area (Å²) in [5.41, 5.74) is 0.121. The first-order chi connectivity index (χ1) is 17.1. The molecule has 0 saturated heterocycles. The number of unbranched alkanes of at least 4 members (excludes halogenated alkanes) is 1. The first-order valence-corrected chi connectivity index (χ1v) is 15.3. The van der Waals surface area contributed by atoms with Crippen LogP contribution in [0.25, 0.3) is 4.85 Å². The molecule has 37 heavy (non-hydrogen) atoms. The quantitative estimate of drug-likeness (QED) is 0.359. The molecule has 0 aromatic heterocycles. The van der Waals surface area contributed by atoms with Gasteiger partial charge in [0.2, 0.25) is 5.70 Å². The number of fused-ring (bicyclic) bond motifs is 7. The van der Waals surface area contributed by atoms with E-state index in [1.54, 1.807) is 0 Å². The molecule has 8 atom stereocenters. The number of carbonyl (C=O) groups excluding carboxylic acids is 2. The highest BCUT2D eigenvalue weighted by molar-refractivity contribution is 6.02. The summed E-state index contributed by atoms with van der Waals surface area (Å²) in [4.78, 5) is 31.5. The monoisotopic (exact) mass is 505 g/mol. The summed E-state index contributed by atoms with van der Waals surface area (Å²) in [5, 5.41) is 0. The fourth-order valence-electron chi connectivity index (χ4n) is 11.3. The second-order valence-electron chi connectivity index (χ2n) is 16.1. The van der Waals surface area contributed by atoms with Gasteiger partial charge in [0.1, 0.15) is 5.78 Å². The van der Waals surface area contributed by atoms with E-state index in [0.29, 0.717) is 34.6 Å². The van der Waals surface area contributed by atoms with E-state index in [1.165, 1.54) is 44.9 Å². The van der Waals surface area contributed by atoms with Gasteiger partial charge in [-0.1, -0.05) is 74.3 Å². The molecular weight excluding hydrogens is 454 g/mol. The van der Waals surface area contributed by atoms with Gasteiger partial charge in [0.15, 0.2) is 5.78 Å². The molecule has 0 aromatic rings. The van der Waals surface area contributed by atoms with Crippen LogP contribution in [0.5, 0.6) is 0 Å². The molecule has 0 aliphatic heterocycles. The maximum atomic E-state index is 14.6. The van der Waals surface area contributed by atoms with E-state index in [-0.39, 0.29) is 39.8 Å². The van der Waals surface area contributed by atoms with Crippen molar-refractivity contribution in [3.05, 3.63) is 23.2 Å². The number of ketones is 2. The molecule has 3 nitrogen and oxygen atoms in total. The number of Topliss-reactive ketones (excluding diaryl/α,β-unsaturated/α-hetero) is 2. The molecular formula is C34H51NO2. The van der Waals surface area contributed by atoms with Crippen LogP contribution in [0.3, 0.4) is 0 Å². The summed E-state index contributed by atoms with van der Waals surface area (Å²) < 4.78 is 0. The Hall–Kier alpha value is -1.43. The minimum absolute atomic E-state index is 0.00242. The summed E-state index contributed by atoms with van der Waals surface area (Å²) in [7, 11) is 0. The van der Waals surface area contributed by atoms with Crippen molar-refractivity contribution in [2.45, 2.75) is 126 Å². The van der Waals surface area contributed by atoms with Crippen molar-refractivity contribution in [3.63, 3.8) is 0 Å². The minimum Gasteiger partial charge on any atom is -0.307 e. The van der Waals surface area contributed by atoms with Crippen molar-refractivity contribution in [1.29, 1.82) is 0 Å². The molecule has 0 N–H and O–H groups in total. The zero-order valence-electron chi connectivity index (χ0n) is 24.9. The van der Waals surface area contributed by atoms with Crippen molar-refractivity contribution in [2.24, 2.45) is 56.2 Å². The van der Waals surface area contributed by atoms with Crippen LogP contribution in [0.2, 0.25) is 0 Å². The Labute approximate surface area is 226 Å². The van der Waals surface area contributed by atoms with E-state index in [9.17, 15) is 9.59 Å². The van der Waals surface area contributed by atoms with E-state index in [0.717, 1.165) is 19.3 Å². The fourth-order valence-corrected chi connectivity index (χ4v) is 11.3. The Balaban J connectivity index is 1.61. The van der Waals surface area contributed by atoms with Crippen LogP contribution in [0.4, 0.5) is 0 Å². The Morgan fingerprint density at radius 2 is 1.59 bits per heavy atom. The largest absolute Gasteiger partial charge is 0.307 e. The number of allylic oxidation sites excluding steroid dienone is 2. The minimum atomic E-state index is -0.555. The third-order valence-corrected chi connectivity index (χ3v) is 13.7. The highest BCUT2D eigenvalue weighted by atomic mass is 16.1. The predicted molar refractivity (Wildman–Crippen MR) is 149 cm³/mol. The van der Waals surface area contributed by atoms with Gasteiger partial charge in [-0.15, -0.1) is 0 Å². The van der Waals surface area contributed by atoms with Gasteiger partial charge in [0, 0.05) is 17.8 Å². The molecule has 0 unspecified atom stereocenters. The molecule has 0 radical (unpaired) electrons. The molecule has 5 aliphatic rings. The topological polar surface area (TPSA) is 38.5 Å². The number of hydrogen-bond donors (Lipinski definition) is 0. The average Bonchev–Trinajstić information content (AvgIpc) is 2.82. The molecule has 4 fully saturated rings. The molecule has 0 bridgehead atoms. The zero-order valence-corrected chi connectivity index (χ0v) is 24.9. The lowest BCUT2D eigenvalue weighted by atomic mass is 9.31. The maximum Gasteiger partial charge on any atom is 0.226 e. The predicted octanol–water partition coefficient (Wildman–Crippen LogP) is 8.83. The third-order valence-electron chi connectivity index (χ3n) is 13.7. The molecule has 0 aromatic carbocycles. The van der Waals surface area contributed by atoms with E-state index >= 15 is 0 Å². The molecule has 4 saturated carbocycles.